The van der Waals surface area contributed by atoms with Gasteiger partial charge in [0.15, 0.2) is 0 Å². The second-order valence-electron chi connectivity index (χ2n) is 7.29. The highest BCUT2D eigenvalue weighted by Crippen LogP contribution is 2.23. The van der Waals surface area contributed by atoms with Crippen molar-refractivity contribution in [1.82, 2.24) is 14.6 Å². The van der Waals surface area contributed by atoms with Crippen LogP contribution in [0.15, 0.2) is 47.6 Å². The molecule has 1 N–H and O–H groups in total. The molecule has 1 aliphatic rings. The summed E-state index contributed by atoms with van der Waals surface area (Å²) in [7, 11) is -3.50. The topological polar surface area (TPSA) is 71.5 Å². The average molecular weight is 404 g/mol. The molecule has 1 saturated heterocycles. The van der Waals surface area contributed by atoms with Crippen LogP contribution in [0.3, 0.4) is 0 Å². The zero-order valence-electron chi connectivity index (χ0n) is 16.6. The molecule has 1 fully saturated rings. The molecule has 2 heterocycles. The summed E-state index contributed by atoms with van der Waals surface area (Å²) in [6.07, 6.45) is 5.67. The molecule has 1 aliphatic heterocycles. The summed E-state index contributed by atoms with van der Waals surface area (Å²) in [5, 5.41) is 0. The number of sulfonamides is 1. The molecule has 2 aromatic rings. The van der Waals surface area contributed by atoms with Crippen LogP contribution in [-0.4, -0.2) is 44.5 Å². The second kappa shape index (κ2) is 9.49. The molecule has 0 amide bonds. The molecule has 1 aromatic heterocycles. The summed E-state index contributed by atoms with van der Waals surface area (Å²) in [6, 6.07) is 9.05. The monoisotopic (exact) mass is 403 g/mol. The van der Waals surface area contributed by atoms with E-state index < -0.39 is 10.0 Å². The number of nitrogens with zero attached hydrogens (tertiary/aromatic N) is 2. The van der Waals surface area contributed by atoms with Crippen LogP contribution in [0.4, 0.5) is 0 Å². The molecule has 0 unspecified atom stereocenters. The van der Waals surface area contributed by atoms with Crippen LogP contribution < -0.4 is 9.46 Å². The second-order valence-corrected chi connectivity index (χ2v) is 9.06. The Labute approximate surface area is 168 Å². The molecule has 0 saturated carbocycles. The van der Waals surface area contributed by atoms with Crippen LogP contribution in [0.5, 0.6) is 5.75 Å². The summed E-state index contributed by atoms with van der Waals surface area (Å²) in [4.78, 5) is 6.86. The number of aromatic nitrogens is 1. The number of ether oxygens (including phenoxy) is 1. The van der Waals surface area contributed by atoms with Crippen LogP contribution in [0, 0.1) is 12.8 Å². The lowest BCUT2D eigenvalue weighted by atomic mass is 9.97. The van der Waals surface area contributed by atoms with Crippen molar-refractivity contribution in [2.75, 3.05) is 26.2 Å². The van der Waals surface area contributed by atoms with E-state index in [1.165, 1.54) is 5.56 Å². The number of likely N-dealkylation sites (tertiary alicyclic amines) is 1. The lowest BCUT2D eigenvalue weighted by molar-refractivity contribution is 0.178. The zero-order valence-corrected chi connectivity index (χ0v) is 17.4. The quantitative estimate of drug-likeness (QED) is 0.734. The Hall–Kier alpha value is -1.96. The summed E-state index contributed by atoms with van der Waals surface area (Å²) < 4.78 is 33.5. The molecular formula is C21H29N3O3S. The number of hydrogen-bond acceptors (Lipinski definition) is 5. The molecule has 0 aliphatic carbocycles. The van der Waals surface area contributed by atoms with Crippen molar-refractivity contribution in [2.45, 2.75) is 38.1 Å². The third-order valence-corrected chi connectivity index (χ3v) is 6.58. The van der Waals surface area contributed by atoms with Crippen LogP contribution >= 0.6 is 0 Å². The fraction of sp³-hybridized carbons (Fsp3) is 0.476. The van der Waals surface area contributed by atoms with E-state index in [2.05, 4.69) is 20.7 Å². The summed E-state index contributed by atoms with van der Waals surface area (Å²) >= 11 is 0. The SMILES string of the molecule is CCOc1ccc(S(=O)(=O)NCC2CCN(Cc3cccnc3)CC2)cc1C. The van der Waals surface area contributed by atoms with E-state index in [1.807, 2.05) is 26.1 Å². The number of pyridine rings is 1. The van der Waals surface area contributed by atoms with Crippen LogP contribution in [0.2, 0.25) is 0 Å². The molecule has 28 heavy (non-hydrogen) atoms. The normalized spacial score (nSPS) is 16.2. The number of nitrogens with one attached hydrogen (secondary N) is 1. The lowest BCUT2D eigenvalue weighted by Gasteiger charge is -2.31. The number of benzene rings is 1. The van der Waals surface area contributed by atoms with Gasteiger partial charge in [0.25, 0.3) is 0 Å². The van der Waals surface area contributed by atoms with Gasteiger partial charge in [-0.05, 0) is 81.1 Å². The average Bonchev–Trinajstić information content (AvgIpc) is 2.70. The lowest BCUT2D eigenvalue weighted by Crippen LogP contribution is -2.38. The van der Waals surface area contributed by atoms with Gasteiger partial charge in [-0.3, -0.25) is 9.88 Å². The van der Waals surface area contributed by atoms with E-state index in [0.717, 1.165) is 43.8 Å². The molecule has 152 valence electrons. The van der Waals surface area contributed by atoms with Gasteiger partial charge in [0.05, 0.1) is 11.5 Å². The first-order valence-corrected chi connectivity index (χ1v) is 11.3. The Bertz CT molecular complexity index is 864. The molecule has 0 spiro atoms. The van der Waals surface area contributed by atoms with E-state index in [9.17, 15) is 8.42 Å². The Kier molecular flexibility index (Phi) is 7.04. The maximum absolute atomic E-state index is 12.6. The summed E-state index contributed by atoms with van der Waals surface area (Å²) in [5.74, 6) is 1.09. The van der Waals surface area contributed by atoms with Gasteiger partial charge in [-0.25, -0.2) is 13.1 Å². The van der Waals surface area contributed by atoms with Crippen molar-refractivity contribution >= 4 is 10.0 Å². The van der Waals surface area contributed by atoms with Gasteiger partial charge >= 0.3 is 0 Å². The van der Waals surface area contributed by atoms with E-state index >= 15 is 0 Å². The Morgan fingerprint density at radius 2 is 2.04 bits per heavy atom. The maximum atomic E-state index is 12.6. The summed E-state index contributed by atoms with van der Waals surface area (Å²) in [6.45, 7) is 7.67. The van der Waals surface area contributed by atoms with Gasteiger partial charge in [0, 0.05) is 25.5 Å². The van der Waals surface area contributed by atoms with Crippen molar-refractivity contribution in [3.05, 3.63) is 53.9 Å². The van der Waals surface area contributed by atoms with Gasteiger partial charge < -0.3 is 4.74 Å². The fourth-order valence-corrected chi connectivity index (χ4v) is 4.72. The highest BCUT2D eigenvalue weighted by atomic mass is 32.2. The first kappa shape index (κ1) is 20.8. The molecule has 0 radical (unpaired) electrons. The van der Waals surface area contributed by atoms with Crippen molar-refractivity contribution < 1.29 is 13.2 Å². The number of piperidine rings is 1. The van der Waals surface area contributed by atoms with Crippen molar-refractivity contribution in [3.63, 3.8) is 0 Å². The van der Waals surface area contributed by atoms with Gasteiger partial charge in [-0.1, -0.05) is 6.07 Å². The fourth-order valence-electron chi connectivity index (χ4n) is 3.52. The first-order chi connectivity index (χ1) is 13.5. The van der Waals surface area contributed by atoms with Crippen molar-refractivity contribution in [1.29, 1.82) is 0 Å². The van der Waals surface area contributed by atoms with E-state index in [4.69, 9.17) is 4.74 Å². The van der Waals surface area contributed by atoms with Gasteiger partial charge in [0.1, 0.15) is 5.75 Å². The molecule has 3 rings (SSSR count). The summed E-state index contributed by atoms with van der Waals surface area (Å²) in [5.41, 5.74) is 2.04. The van der Waals surface area contributed by atoms with E-state index in [1.54, 1.807) is 24.4 Å². The van der Waals surface area contributed by atoms with Crippen LogP contribution in [0.1, 0.15) is 30.9 Å². The highest BCUT2D eigenvalue weighted by Gasteiger charge is 2.22. The largest absolute Gasteiger partial charge is 0.494 e. The number of rotatable bonds is 8. The Morgan fingerprint density at radius 1 is 1.25 bits per heavy atom. The van der Waals surface area contributed by atoms with Gasteiger partial charge in [-0.2, -0.15) is 0 Å². The first-order valence-electron chi connectivity index (χ1n) is 9.82. The minimum Gasteiger partial charge on any atom is -0.494 e. The Balaban J connectivity index is 1.49. The molecule has 0 bridgehead atoms. The number of aryl methyl sites for hydroxylation is 1. The molecule has 1 aromatic carbocycles. The molecule has 7 heteroatoms. The third kappa shape index (κ3) is 5.53. The standard InChI is InChI=1S/C21H29N3O3S/c1-3-27-21-7-6-20(13-17(21)2)28(25,26)23-15-18-8-11-24(12-9-18)16-19-5-4-10-22-14-19/h4-7,10,13-14,18,23H,3,8-9,11-12,15-16H2,1-2H3. The van der Waals surface area contributed by atoms with Crippen LogP contribution in [-0.2, 0) is 16.6 Å². The highest BCUT2D eigenvalue weighted by molar-refractivity contribution is 7.89. The molecular weight excluding hydrogens is 374 g/mol. The predicted octanol–water partition coefficient (Wildman–Crippen LogP) is 2.98. The predicted molar refractivity (Wildman–Crippen MR) is 110 cm³/mol. The minimum absolute atomic E-state index is 0.294. The smallest absolute Gasteiger partial charge is 0.240 e. The number of hydrogen-bond donors (Lipinski definition) is 1. The van der Waals surface area contributed by atoms with Gasteiger partial charge in [-0.15, -0.1) is 0 Å². The minimum atomic E-state index is -3.50. The molecule has 0 atom stereocenters. The van der Waals surface area contributed by atoms with Crippen LogP contribution in [0.25, 0.3) is 0 Å². The maximum Gasteiger partial charge on any atom is 0.240 e. The third-order valence-electron chi connectivity index (χ3n) is 5.15. The zero-order chi connectivity index (χ0) is 20.0. The van der Waals surface area contributed by atoms with E-state index in [0.29, 0.717) is 24.0 Å². The Morgan fingerprint density at radius 3 is 2.68 bits per heavy atom. The van der Waals surface area contributed by atoms with Crippen molar-refractivity contribution in [2.24, 2.45) is 5.92 Å². The van der Waals surface area contributed by atoms with E-state index in [-0.39, 0.29) is 0 Å². The molecule has 6 nitrogen and oxygen atoms in total. The van der Waals surface area contributed by atoms with Gasteiger partial charge in [0.2, 0.25) is 10.0 Å². The van der Waals surface area contributed by atoms with Crippen molar-refractivity contribution in [3.8, 4) is 5.75 Å².